The van der Waals surface area contributed by atoms with Gasteiger partial charge in [0.05, 0.1) is 11.0 Å². The molecule has 1 atom stereocenters. The van der Waals surface area contributed by atoms with E-state index in [1.54, 1.807) is 0 Å². The highest BCUT2D eigenvalue weighted by Crippen LogP contribution is 2.58. The average molecular weight is 298 g/mol. The summed E-state index contributed by atoms with van der Waals surface area (Å²) in [6.45, 7) is 2.77. The Labute approximate surface area is 129 Å². The van der Waals surface area contributed by atoms with Gasteiger partial charge < -0.3 is 15.6 Å². The number of rotatable bonds is 4. The van der Waals surface area contributed by atoms with Gasteiger partial charge in [-0.2, -0.15) is 0 Å². The fraction of sp³-hybridized carbons (Fsp3) is 0.529. The molecule has 1 unspecified atom stereocenters. The molecule has 1 saturated carbocycles. The minimum Gasteiger partial charge on any atom is -0.355 e. The Balaban J connectivity index is 1.29. The highest BCUT2D eigenvalue weighted by molar-refractivity contribution is 5.82. The summed E-state index contributed by atoms with van der Waals surface area (Å²) in [6.07, 6.45) is 4.12. The minimum atomic E-state index is 0.234. The molecule has 1 aromatic heterocycles. The van der Waals surface area contributed by atoms with E-state index in [0.29, 0.717) is 12.0 Å². The fourth-order valence-electron chi connectivity index (χ4n) is 3.75. The smallest absolute Gasteiger partial charge is 0.223 e. The first-order valence-corrected chi connectivity index (χ1v) is 8.19. The number of nitrogens with one attached hydrogen (secondary N) is 3. The van der Waals surface area contributed by atoms with E-state index in [-0.39, 0.29) is 11.8 Å². The van der Waals surface area contributed by atoms with E-state index in [4.69, 9.17) is 0 Å². The molecular formula is C17H22N4O. The number of imidazole rings is 1. The molecule has 2 aromatic rings. The molecule has 2 fully saturated rings. The van der Waals surface area contributed by atoms with Gasteiger partial charge >= 0.3 is 0 Å². The second kappa shape index (κ2) is 5.39. The monoisotopic (exact) mass is 298 g/mol. The predicted molar refractivity (Wildman–Crippen MR) is 85.5 cm³/mol. The number of hydrogen-bond acceptors (Lipinski definition) is 3. The Kier molecular flexibility index (Phi) is 3.37. The third-order valence-electron chi connectivity index (χ3n) is 5.21. The Morgan fingerprint density at radius 2 is 2.14 bits per heavy atom. The second-order valence-electron chi connectivity index (χ2n) is 6.61. The van der Waals surface area contributed by atoms with Gasteiger partial charge in [-0.3, -0.25) is 4.79 Å². The minimum absolute atomic E-state index is 0.234. The van der Waals surface area contributed by atoms with E-state index in [2.05, 4.69) is 20.6 Å². The molecule has 116 valence electrons. The van der Waals surface area contributed by atoms with Crippen LogP contribution in [-0.4, -0.2) is 35.5 Å². The Hall–Kier alpha value is -1.88. The zero-order chi connectivity index (χ0) is 15.0. The van der Waals surface area contributed by atoms with Crippen molar-refractivity contribution in [3.63, 3.8) is 0 Å². The summed E-state index contributed by atoms with van der Waals surface area (Å²) in [6, 6.07) is 8.01. The third kappa shape index (κ3) is 2.50. The van der Waals surface area contributed by atoms with E-state index in [9.17, 15) is 4.79 Å². The maximum absolute atomic E-state index is 12.3. The lowest BCUT2D eigenvalue weighted by atomic mass is 9.92. The number of carbonyl (C=O) groups is 1. The normalized spacial score (nSPS) is 22.8. The van der Waals surface area contributed by atoms with Crippen LogP contribution in [0.2, 0.25) is 0 Å². The number of piperidine rings is 1. The standard InChI is InChI=1S/C17H22N4O/c22-16(12-11-17(12)6-9-18-10-7-17)19-8-5-15-20-13-3-1-2-4-14(13)21-15/h1-4,12,18H,5-11H2,(H,19,22)(H,20,21). The van der Waals surface area contributed by atoms with Crippen LogP contribution in [0.15, 0.2) is 24.3 Å². The van der Waals surface area contributed by atoms with E-state index < -0.39 is 0 Å². The Morgan fingerprint density at radius 3 is 2.95 bits per heavy atom. The van der Waals surface area contributed by atoms with Gasteiger partial charge in [0.1, 0.15) is 5.82 Å². The van der Waals surface area contributed by atoms with Crippen molar-refractivity contribution in [2.24, 2.45) is 11.3 Å². The highest BCUT2D eigenvalue weighted by Gasteiger charge is 2.57. The highest BCUT2D eigenvalue weighted by atomic mass is 16.2. The molecule has 2 aliphatic rings. The molecular weight excluding hydrogens is 276 g/mol. The summed E-state index contributed by atoms with van der Waals surface area (Å²) in [5.41, 5.74) is 2.36. The topological polar surface area (TPSA) is 69.8 Å². The molecule has 2 heterocycles. The predicted octanol–water partition coefficient (Wildman–Crippen LogP) is 1.61. The number of aromatic amines is 1. The maximum Gasteiger partial charge on any atom is 0.223 e. The van der Waals surface area contributed by atoms with Crippen molar-refractivity contribution in [2.45, 2.75) is 25.7 Å². The van der Waals surface area contributed by atoms with Gasteiger partial charge in [-0.1, -0.05) is 12.1 Å². The van der Waals surface area contributed by atoms with Crippen molar-refractivity contribution < 1.29 is 4.79 Å². The number of benzene rings is 1. The first-order valence-electron chi connectivity index (χ1n) is 8.19. The number of nitrogens with zero attached hydrogens (tertiary/aromatic N) is 1. The Morgan fingerprint density at radius 1 is 1.32 bits per heavy atom. The van der Waals surface area contributed by atoms with Gasteiger partial charge in [-0.25, -0.2) is 4.98 Å². The lowest BCUT2D eigenvalue weighted by molar-refractivity contribution is -0.123. The van der Waals surface area contributed by atoms with Crippen molar-refractivity contribution in [3.05, 3.63) is 30.1 Å². The van der Waals surface area contributed by atoms with Gasteiger partial charge in [-0.05, 0) is 49.9 Å². The molecule has 0 bridgehead atoms. The zero-order valence-corrected chi connectivity index (χ0v) is 12.7. The number of carbonyl (C=O) groups excluding carboxylic acids is 1. The van der Waals surface area contributed by atoms with Gasteiger partial charge in [-0.15, -0.1) is 0 Å². The summed E-state index contributed by atoms with van der Waals surface area (Å²) in [5, 5.41) is 6.46. The van der Waals surface area contributed by atoms with Crippen molar-refractivity contribution in [2.75, 3.05) is 19.6 Å². The van der Waals surface area contributed by atoms with Crippen LogP contribution < -0.4 is 10.6 Å². The van der Waals surface area contributed by atoms with Crippen LogP contribution >= 0.6 is 0 Å². The molecule has 4 rings (SSSR count). The molecule has 1 aliphatic carbocycles. The van der Waals surface area contributed by atoms with Crippen molar-refractivity contribution in [1.82, 2.24) is 20.6 Å². The molecule has 3 N–H and O–H groups in total. The first-order chi connectivity index (χ1) is 10.8. The van der Waals surface area contributed by atoms with Crippen LogP contribution in [0.4, 0.5) is 0 Å². The summed E-state index contributed by atoms with van der Waals surface area (Å²) in [5.74, 6) is 1.41. The molecule has 1 aromatic carbocycles. The SMILES string of the molecule is O=C(NCCc1nc2ccccc2[nH]1)C1CC12CCNCC2. The van der Waals surface area contributed by atoms with E-state index in [1.165, 1.54) is 0 Å². The zero-order valence-electron chi connectivity index (χ0n) is 12.7. The third-order valence-corrected chi connectivity index (χ3v) is 5.21. The largest absolute Gasteiger partial charge is 0.355 e. The van der Waals surface area contributed by atoms with Crippen LogP contribution in [0.3, 0.4) is 0 Å². The van der Waals surface area contributed by atoms with E-state index in [0.717, 1.165) is 55.6 Å². The number of aromatic nitrogens is 2. The van der Waals surface area contributed by atoms with Crippen LogP contribution in [0.5, 0.6) is 0 Å². The lowest BCUT2D eigenvalue weighted by Crippen LogP contribution is -2.34. The first kappa shape index (κ1) is 13.8. The summed E-state index contributed by atoms with van der Waals surface area (Å²) in [7, 11) is 0. The molecule has 1 saturated heterocycles. The summed E-state index contributed by atoms with van der Waals surface area (Å²) in [4.78, 5) is 20.1. The molecule has 5 heteroatoms. The van der Waals surface area contributed by atoms with Crippen molar-refractivity contribution >= 4 is 16.9 Å². The maximum atomic E-state index is 12.3. The van der Waals surface area contributed by atoms with E-state index in [1.807, 2.05) is 24.3 Å². The van der Waals surface area contributed by atoms with Crippen LogP contribution in [0.25, 0.3) is 11.0 Å². The number of hydrogen-bond donors (Lipinski definition) is 3. The van der Waals surface area contributed by atoms with Gasteiger partial charge in [0.25, 0.3) is 0 Å². The fourth-order valence-corrected chi connectivity index (χ4v) is 3.75. The van der Waals surface area contributed by atoms with Crippen LogP contribution in [0, 0.1) is 11.3 Å². The quantitative estimate of drug-likeness (QED) is 0.803. The number of fused-ring (bicyclic) bond motifs is 1. The lowest BCUT2D eigenvalue weighted by Gasteiger charge is -2.23. The van der Waals surface area contributed by atoms with Crippen LogP contribution in [0.1, 0.15) is 25.1 Å². The molecule has 1 aliphatic heterocycles. The number of H-pyrrole nitrogens is 1. The molecule has 0 radical (unpaired) electrons. The van der Waals surface area contributed by atoms with Gasteiger partial charge in [0.2, 0.25) is 5.91 Å². The molecule has 1 spiro atoms. The van der Waals surface area contributed by atoms with Gasteiger partial charge in [0, 0.05) is 18.9 Å². The van der Waals surface area contributed by atoms with E-state index >= 15 is 0 Å². The second-order valence-corrected chi connectivity index (χ2v) is 6.61. The van der Waals surface area contributed by atoms with Crippen LogP contribution in [-0.2, 0) is 11.2 Å². The number of para-hydroxylation sites is 2. The Bertz CT molecular complexity index is 654. The van der Waals surface area contributed by atoms with Crippen molar-refractivity contribution in [1.29, 1.82) is 0 Å². The van der Waals surface area contributed by atoms with Gasteiger partial charge in [0.15, 0.2) is 0 Å². The molecule has 22 heavy (non-hydrogen) atoms. The summed E-state index contributed by atoms with van der Waals surface area (Å²) >= 11 is 0. The number of amides is 1. The molecule has 5 nitrogen and oxygen atoms in total. The average Bonchev–Trinajstić information content (AvgIpc) is 3.06. The summed E-state index contributed by atoms with van der Waals surface area (Å²) < 4.78 is 0. The van der Waals surface area contributed by atoms with Crippen molar-refractivity contribution in [3.8, 4) is 0 Å². The molecule has 1 amide bonds.